The Balaban J connectivity index is 1.93. The minimum absolute atomic E-state index is 0.00108. The number of hydrogen-bond donors (Lipinski definition) is 2. The van der Waals surface area contributed by atoms with E-state index in [2.05, 4.69) is 20.6 Å². The first kappa shape index (κ1) is 19.7. The van der Waals surface area contributed by atoms with Crippen molar-refractivity contribution in [3.8, 4) is 0 Å². The predicted molar refractivity (Wildman–Crippen MR) is 109 cm³/mol. The van der Waals surface area contributed by atoms with Crippen molar-refractivity contribution < 1.29 is 14.5 Å². The topological polar surface area (TPSA) is 119 Å². The highest BCUT2D eigenvalue weighted by Gasteiger charge is 2.23. The Hall–Kier alpha value is -4.01. The van der Waals surface area contributed by atoms with Crippen LogP contribution in [0.4, 0.5) is 28.7 Å². The molecule has 1 aromatic heterocycles. The van der Waals surface area contributed by atoms with E-state index in [1.807, 2.05) is 25.1 Å². The molecule has 0 amide bonds. The van der Waals surface area contributed by atoms with Crippen LogP contribution >= 0.6 is 0 Å². The van der Waals surface area contributed by atoms with E-state index in [1.165, 1.54) is 12.4 Å². The monoisotopic (exact) mass is 393 g/mol. The van der Waals surface area contributed by atoms with E-state index >= 15 is 0 Å². The molecule has 1 heterocycles. The molecule has 0 aliphatic carbocycles. The predicted octanol–water partition coefficient (Wildman–Crippen LogP) is 4.36. The number of benzene rings is 2. The Morgan fingerprint density at radius 3 is 2.28 bits per heavy atom. The van der Waals surface area contributed by atoms with Gasteiger partial charge in [0, 0.05) is 11.4 Å². The normalized spacial score (nSPS) is 10.3. The number of nitrogens with zero attached hydrogens (tertiary/aromatic N) is 3. The lowest BCUT2D eigenvalue weighted by atomic mass is 10.2. The zero-order valence-corrected chi connectivity index (χ0v) is 15.9. The van der Waals surface area contributed by atoms with Crippen molar-refractivity contribution in [1.29, 1.82) is 0 Å². The summed E-state index contributed by atoms with van der Waals surface area (Å²) in [6.07, 6.45) is 1.22. The first-order chi connectivity index (χ1) is 14.0. The van der Waals surface area contributed by atoms with Gasteiger partial charge in [-0.3, -0.25) is 10.1 Å². The molecule has 0 atom stereocenters. The molecule has 0 saturated heterocycles. The molecule has 0 radical (unpaired) electrons. The van der Waals surface area contributed by atoms with Gasteiger partial charge in [0.25, 0.3) is 0 Å². The molecule has 0 unspecified atom stereocenters. The van der Waals surface area contributed by atoms with Gasteiger partial charge in [-0.2, -0.15) is 0 Å². The number of ether oxygens (including phenoxy) is 1. The fourth-order valence-corrected chi connectivity index (χ4v) is 2.67. The van der Waals surface area contributed by atoms with Gasteiger partial charge in [-0.1, -0.05) is 18.2 Å². The molecular weight excluding hydrogens is 374 g/mol. The third kappa shape index (κ3) is 4.83. The van der Waals surface area contributed by atoms with Gasteiger partial charge in [-0.15, -0.1) is 0 Å². The molecule has 0 aliphatic heterocycles. The summed E-state index contributed by atoms with van der Waals surface area (Å²) < 4.78 is 4.98. The van der Waals surface area contributed by atoms with Gasteiger partial charge in [-0.05, 0) is 49.7 Å². The van der Waals surface area contributed by atoms with Crippen LogP contribution in [0.15, 0.2) is 54.9 Å². The van der Waals surface area contributed by atoms with Crippen LogP contribution < -0.4 is 10.6 Å². The number of esters is 1. The van der Waals surface area contributed by atoms with E-state index in [0.29, 0.717) is 16.9 Å². The van der Waals surface area contributed by atoms with E-state index in [9.17, 15) is 14.9 Å². The fourth-order valence-electron chi connectivity index (χ4n) is 2.67. The number of aryl methyl sites for hydroxylation is 1. The van der Waals surface area contributed by atoms with E-state index in [-0.39, 0.29) is 23.9 Å². The number of anilines is 4. The first-order valence-electron chi connectivity index (χ1n) is 8.85. The summed E-state index contributed by atoms with van der Waals surface area (Å²) in [5.41, 5.74) is 2.14. The Labute approximate surface area is 166 Å². The largest absolute Gasteiger partial charge is 0.462 e. The summed E-state index contributed by atoms with van der Waals surface area (Å²) in [4.78, 5) is 31.1. The Morgan fingerprint density at radius 1 is 1.07 bits per heavy atom. The standard InChI is InChI=1S/C20H19N5O4/c1-3-29-20(26)14-7-5-9-16(11-14)24-19-17(25(27)28)18(21-12-22-19)23-15-8-4-6-13(2)10-15/h4-12H,3H2,1-2H3,(H2,21,22,23,24). The molecule has 3 aromatic rings. The van der Waals surface area contributed by atoms with Crippen LogP contribution in [0.25, 0.3) is 0 Å². The second-order valence-electron chi connectivity index (χ2n) is 6.10. The van der Waals surface area contributed by atoms with Gasteiger partial charge in [0.1, 0.15) is 6.33 Å². The molecule has 0 bridgehead atoms. The molecule has 148 valence electrons. The maximum Gasteiger partial charge on any atom is 0.353 e. The maximum absolute atomic E-state index is 11.9. The molecule has 9 nitrogen and oxygen atoms in total. The average Bonchev–Trinajstić information content (AvgIpc) is 2.68. The molecule has 0 saturated carbocycles. The zero-order chi connectivity index (χ0) is 20.8. The highest BCUT2D eigenvalue weighted by Crippen LogP contribution is 2.33. The lowest BCUT2D eigenvalue weighted by molar-refractivity contribution is -0.383. The van der Waals surface area contributed by atoms with Crippen molar-refractivity contribution in [3.05, 3.63) is 76.1 Å². The van der Waals surface area contributed by atoms with Crippen molar-refractivity contribution in [2.24, 2.45) is 0 Å². The second kappa shape index (κ2) is 8.79. The number of aromatic nitrogens is 2. The third-order valence-electron chi connectivity index (χ3n) is 3.92. The molecule has 9 heteroatoms. The molecule has 0 aliphatic rings. The summed E-state index contributed by atoms with van der Waals surface area (Å²) in [5, 5.41) is 17.6. The summed E-state index contributed by atoms with van der Waals surface area (Å²) in [7, 11) is 0. The van der Waals surface area contributed by atoms with Gasteiger partial charge < -0.3 is 15.4 Å². The Bertz CT molecular complexity index is 1050. The zero-order valence-electron chi connectivity index (χ0n) is 15.9. The minimum atomic E-state index is -0.560. The average molecular weight is 393 g/mol. The lowest BCUT2D eigenvalue weighted by Crippen LogP contribution is -2.07. The summed E-state index contributed by atoms with van der Waals surface area (Å²) in [6.45, 7) is 3.89. The fraction of sp³-hybridized carbons (Fsp3) is 0.150. The Morgan fingerprint density at radius 2 is 1.69 bits per heavy atom. The SMILES string of the molecule is CCOC(=O)c1cccc(Nc2ncnc(Nc3cccc(C)c3)c2[N+](=O)[O-])c1. The van der Waals surface area contributed by atoms with Crippen LogP contribution in [-0.2, 0) is 4.74 Å². The number of nitro groups is 1. The number of hydrogen-bond acceptors (Lipinski definition) is 8. The number of carbonyl (C=O) groups excluding carboxylic acids is 1. The highest BCUT2D eigenvalue weighted by molar-refractivity contribution is 5.91. The van der Waals surface area contributed by atoms with Crippen molar-refractivity contribution in [2.45, 2.75) is 13.8 Å². The summed E-state index contributed by atoms with van der Waals surface area (Å²) in [5.74, 6) is -0.420. The number of nitrogens with one attached hydrogen (secondary N) is 2. The van der Waals surface area contributed by atoms with E-state index in [4.69, 9.17) is 4.74 Å². The molecule has 2 N–H and O–H groups in total. The minimum Gasteiger partial charge on any atom is -0.462 e. The van der Waals surface area contributed by atoms with Crippen molar-refractivity contribution >= 4 is 34.7 Å². The third-order valence-corrected chi connectivity index (χ3v) is 3.92. The smallest absolute Gasteiger partial charge is 0.353 e. The van der Waals surface area contributed by atoms with Crippen LogP contribution in [0.1, 0.15) is 22.8 Å². The van der Waals surface area contributed by atoms with Crippen LogP contribution in [0.2, 0.25) is 0 Å². The quantitative estimate of drug-likeness (QED) is 0.345. The first-order valence-corrected chi connectivity index (χ1v) is 8.85. The van der Waals surface area contributed by atoms with Gasteiger partial charge in [0.05, 0.1) is 17.1 Å². The van der Waals surface area contributed by atoms with E-state index in [1.54, 1.807) is 31.2 Å². The van der Waals surface area contributed by atoms with Crippen LogP contribution in [-0.4, -0.2) is 27.5 Å². The van der Waals surface area contributed by atoms with Crippen LogP contribution in [0, 0.1) is 17.0 Å². The van der Waals surface area contributed by atoms with E-state index < -0.39 is 10.9 Å². The van der Waals surface area contributed by atoms with Crippen LogP contribution in [0.3, 0.4) is 0 Å². The van der Waals surface area contributed by atoms with Crippen molar-refractivity contribution in [3.63, 3.8) is 0 Å². The highest BCUT2D eigenvalue weighted by atomic mass is 16.6. The van der Waals surface area contributed by atoms with E-state index in [0.717, 1.165) is 5.56 Å². The molecule has 0 fully saturated rings. The summed E-state index contributed by atoms with van der Waals surface area (Å²) >= 11 is 0. The molecule has 3 rings (SSSR count). The number of rotatable bonds is 7. The van der Waals surface area contributed by atoms with Crippen molar-refractivity contribution in [2.75, 3.05) is 17.2 Å². The maximum atomic E-state index is 11.9. The van der Waals surface area contributed by atoms with Gasteiger partial charge >= 0.3 is 11.7 Å². The van der Waals surface area contributed by atoms with Gasteiger partial charge in [-0.25, -0.2) is 14.8 Å². The van der Waals surface area contributed by atoms with Crippen LogP contribution in [0.5, 0.6) is 0 Å². The molecule has 2 aromatic carbocycles. The van der Waals surface area contributed by atoms with Gasteiger partial charge in [0.2, 0.25) is 11.6 Å². The number of carbonyl (C=O) groups is 1. The summed E-state index contributed by atoms with van der Waals surface area (Å²) in [6, 6.07) is 13.8. The Kier molecular flexibility index (Phi) is 5.98. The van der Waals surface area contributed by atoms with Gasteiger partial charge in [0.15, 0.2) is 0 Å². The molecular formula is C20H19N5O4. The lowest BCUT2D eigenvalue weighted by Gasteiger charge is -2.11. The van der Waals surface area contributed by atoms with Crippen molar-refractivity contribution in [1.82, 2.24) is 9.97 Å². The second-order valence-corrected chi connectivity index (χ2v) is 6.10. The molecule has 29 heavy (non-hydrogen) atoms. The molecule has 0 spiro atoms.